The molecule has 2 heterocycles. The van der Waals surface area contributed by atoms with Crippen LogP contribution in [0.4, 0.5) is 0 Å². The van der Waals surface area contributed by atoms with Gasteiger partial charge in [-0.05, 0) is 42.4 Å². The lowest BCUT2D eigenvalue weighted by Gasteiger charge is -2.13. The Morgan fingerprint density at radius 3 is 2.58 bits per heavy atom. The first-order valence-corrected chi connectivity index (χ1v) is 9.02. The van der Waals surface area contributed by atoms with E-state index in [2.05, 4.69) is 56.2 Å². The fourth-order valence-corrected chi connectivity index (χ4v) is 3.81. The molecule has 0 atom stereocenters. The maximum Gasteiger partial charge on any atom is 0.188 e. The van der Waals surface area contributed by atoms with Gasteiger partial charge in [0.2, 0.25) is 0 Å². The summed E-state index contributed by atoms with van der Waals surface area (Å²) in [6, 6.07) is 16.4. The van der Waals surface area contributed by atoms with Gasteiger partial charge in [-0.25, -0.2) is 9.97 Å². The minimum atomic E-state index is 0.758. The van der Waals surface area contributed by atoms with Crippen molar-refractivity contribution in [2.45, 2.75) is 17.0 Å². The second-order valence-corrected chi connectivity index (χ2v) is 7.25. The molecule has 4 nitrogen and oxygen atoms in total. The highest BCUT2D eigenvalue weighted by Gasteiger charge is 2.16. The van der Waals surface area contributed by atoms with Gasteiger partial charge in [0.05, 0.1) is 11.2 Å². The molecule has 6 heteroatoms. The normalized spacial score (nSPS) is 11.1. The first-order chi connectivity index (χ1) is 11.7. The zero-order valence-corrected chi connectivity index (χ0v) is 15.2. The summed E-state index contributed by atoms with van der Waals surface area (Å²) in [6.45, 7) is 2.13. The summed E-state index contributed by atoms with van der Waals surface area (Å²) in [5.41, 5.74) is 4.23. The SMILES string of the molecule is Cc1c(Sc2ncn[nH]2)c(-c2ccc(Br)cc2)nc2ccccc12. The predicted molar refractivity (Wildman–Crippen MR) is 100 cm³/mol. The van der Waals surface area contributed by atoms with Gasteiger partial charge in [0, 0.05) is 20.3 Å². The summed E-state index contributed by atoms with van der Waals surface area (Å²) in [6.07, 6.45) is 1.52. The number of benzene rings is 2. The Bertz CT molecular complexity index is 998. The maximum atomic E-state index is 4.92. The van der Waals surface area contributed by atoms with Crippen LogP contribution in [0.25, 0.3) is 22.2 Å². The molecule has 118 valence electrons. The van der Waals surface area contributed by atoms with Crippen LogP contribution in [-0.4, -0.2) is 20.2 Å². The van der Waals surface area contributed by atoms with E-state index >= 15 is 0 Å². The summed E-state index contributed by atoms with van der Waals surface area (Å²) in [5.74, 6) is 0. The van der Waals surface area contributed by atoms with Crippen molar-refractivity contribution in [2.75, 3.05) is 0 Å². The van der Waals surface area contributed by atoms with Crippen LogP contribution >= 0.6 is 27.7 Å². The molecule has 2 aromatic carbocycles. The van der Waals surface area contributed by atoms with Gasteiger partial charge in [-0.1, -0.05) is 46.3 Å². The topological polar surface area (TPSA) is 54.5 Å². The van der Waals surface area contributed by atoms with E-state index < -0.39 is 0 Å². The molecule has 4 aromatic rings. The van der Waals surface area contributed by atoms with Crippen LogP contribution in [-0.2, 0) is 0 Å². The molecule has 0 unspecified atom stereocenters. The average Bonchev–Trinajstić information content (AvgIpc) is 3.11. The molecule has 0 radical (unpaired) electrons. The van der Waals surface area contributed by atoms with Gasteiger partial charge in [0.25, 0.3) is 0 Å². The second kappa shape index (κ2) is 6.37. The van der Waals surface area contributed by atoms with E-state index in [4.69, 9.17) is 4.98 Å². The average molecular weight is 397 g/mol. The minimum Gasteiger partial charge on any atom is -0.254 e. The Hall–Kier alpha value is -2.18. The van der Waals surface area contributed by atoms with Gasteiger partial charge in [-0.15, -0.1) is 0 Å². The van der Waals surface area contributed by atoms with Crippen LogP contribution in [0.3, 0.4) is 0 Å². The number of fused-ring (bicyclic) bond motifs is 1. The standard InChI is InChI=1S/C18H13BrN4S/c1-11-14-4-2-3-5-15(14)22-16(12-6-8-13(19)9-7-12)17(11)24-18-20-10-21-23-18/h2-10H,1H3,(H,20,21,23). The summed E-state index contributed by atoms with van der Waals surface area (Å²) in [4.78, 5) is 10.3. The molecule has 24 heavy (non-hydrogen) atoms. The fraction of sp³-hybridized carbons (Fsp3) is 0.0556. The molecule has 0 amide bonds. The number of H-pyrrole nitrogens is 1. The van der Waals surface area contributed by atoms with E-state index in [1.807, 2.05) is 30.3 Å². The lowest BCUT2D eigenvalue weighted by atomic mass is 10.0. The number of pyridine rings is 1. The van der Waals surface area contributed by atoms with E-state index in [0.717, 1.165) is 36.7 Å². The molecule has 0 fully saturated rings. The van der Waals surface area contributed by atoms with Crippen molar-refractivity contribution in [3.05, 3.63) is 64.9 Å². The predicted octanol–water partition coefficient (Wildman–Crippen LogP) is 5.24. The molecule has 2 aromatic heterocycles. The highest BCUT2D eigenvalue weighted by Crippen LogP contribution is 2.39. The third kappa shape index (κ3) is 2.83. The number of hydrogen-bond donors (Lipinski definition) is 1. The van der Waals surface area contributed by atoms with Crippen LogP contribution in [0.1, 0.15) is 5.56 Å². The number of aromatic nitrogens is 4. The van der Waals surface area contributed by atoms with Gasteiger partial charge in [-0.2, -0.15) is 5.10 Å². The molecule has 0 saturated heterocycles. The molecule has 1 N–H and O–H groups in total. The Balaban J connectivity index is 1.96. The van der Waals surface area contributed by atoms with E-state index in [0.29, 0.717) is 0 Å². The lowest BCUT2D eigenvalue weighted by Crippen LogP contribution is -1.94. The number of aromatic amines is 1. The van der Waals surface area contributed by atoms with Crippen molar-refractivity contribution in [1.29, 1.82) is 0 Å². The highest BCUT2D eigenvalue weighted by molar-refractivity contribution is 9.10. The summed E-state index contributed by atoms with van der Waals surface area (Å²) >= 11 is 5.05. The maximum absolute atomic E-state index is 4.92. The molecule has 0 aliphatic carbocycles. The van der Waals surface area contributed by atoms with Crippen LogP contribution in [0.5, 0.6) is 0 Å². The van der Waals surface area contributed by atoms with E-state index in [1.54, 1.807) is 11.8 Å². The van der Waals surface area contributed by atoms with Crippen LogP contribution in [0.2, 0.25) is 0 Å². The quantitative estimate of drug-likeness (QED) is 0.514. The summed E-state index contributed by atoms with van der Waals surface area (Å²) in [7, 11) is 0. The monoisotopic (exact) mass is 396 g/mol. The number of nitrogens with one attached hydrogen (secondary N) is 1. The molecular formula is C18H13BrN4S. The number of rotatable bonds is 3. The van der Waals surface area contributed by atoms with Crippen LogP contribution < -0.4 is 0 Å². The first-order valence-electron chi connectivity index (χ1n) is 7.41. The van der Waals surface area contributed by atoms with Crippen LogP contribution in [0.15, 0.2) is 69.4 Å². The van der Waals surface area contributed by atoms with Crippen molar-refractivity contribution in [2.24, 2.45) is 0 Å². The Labute approximate surface area is 151 Å². The number of halogens is 1. The third-order valence-corrected chi connectivity index (χ3v) is 5.43. The number of para-hydroxylation sites is 1. The zero-order chi connectivity index (χ0) is 16.5. The Morgan fingerprint density at radius 1 is 1.04 bits per heavy atom. The third-order valence-electron chi connectivity index (χ3n) is 3.81. The van der Waals surface area contributed by atoms with Gasteiger partial charge < -0.3 is 0 Å². The van der Waals surface area contributed by atoms with Crippen molar-refractivity contribution in [1.82, 2.24) is 20.2 Å². The largest absolute Gasteiger partial charge is 0.254 e. The molecule has 0 spiro atoms. The van der Waals surface area contributed by atoms with Crippen molar-refractivity contribution in [3.8, 4) is 11.3 Å². The van der Waals surface area contributed by atoms with Crippen molar-refractivity contribution >= 4 is 38.6 Å². The second-order valence-electron chi connectivity index (χ2n) is 5.33. The lowest BCUT2D eigenvalue weighted by molar-refractivity contribution is 0.972. The van der Waals surface area contributed by atoms with Gasteiger partial charge in [0.1, 0.15) is 6.33 Å². The fourth-order valence-electron chi connectivity index (χ4n) is 2.63. The van der Waals surface area contributed by atoms with E-state index in [1.165, 1.54) is 11.9 Å². The Morgan fingerprint density at radius 2 is 1.83 bits per heavy atom. The smallest absolute Gasteiger partial charge is 0.188 e. The zero-order valence-electron chi connectivity index (χ0n) is 12.8. The molecular weight excluding hydrogens is 384 g/mol. The first kappa shape index (κ1) is 15.4. The van der Waals surface area contributed by atoms with Gasteiger partial charge in [-0.3, -0.25) is 5.10 Å². The molecule has 0 bridgehead atoms. The summed E-state index contributed by atoms with van der Waals surface area (Å²) < 4.78 is 1.05. The minimum absolute atomic E-state index is 0.758. The molecule has 0 aliphatic rings. The van der Waals surface area contributed by atoms with Gasteiger partial charge >= 0.3 is 0 Å². The molecule has 0 aliphatic heterocycles. The summed E-state index contributed by atoms with van der Waals surface area (Å²) in [5, 5.41) is 8.77. The molecule has 4 rings (SSSR count). The van der Waals surface area contributed by atoms with Crippen molar-refractivity contribution in [3.63, 3.8) is 0 Å². The van der Waals surface area contributed by atoms with E-state index in [-0.39, 0.29) is 0 Å². The number of nitrogens with zero attached hydrogens (tertiary/aromatic N) is 3. The van der Waals surface area contributed by atoms with E-state index in [9.17, 15) is 0 Å². The highest BCUT2D eigenvalue weighted by atomic mass is 79.9. The number of hydrogen-bond acceptors (Lipinski definition) is 4. The van der Waals surface area contributed by atoms with Crippen LogP contribution in [0, 0.1) is 6.92 Å². The van der Waals surface area contributed by atoms with Gasteiger partial charge in [0.15, 0.2) is 5.16 Å². The van der Waals surface area contributed by atoms with Crippen molar-refractivity contribution < 1.29 is 0 Å². The number of aryl methyl sites for hydroxylation is 1. The molecule has 0 saturated carbocycles. The Kier molecular flexibility index (Phi) is 4.08.